The fourth-order valence-corrected chi connectivity index (χ4v) is 4.79. The van der Waals surface area contributed by atoms with Crippen LogP contribution in [-0.2, 0) is 4.74 Å². The molecule has 2 aliphatic rings. The lowest BCUT2D eigenvalue weighted by Gasteiger charge is -2.35. The number of rotatable bonds is 8. The predicted octanol–water partition coefficient (Wildman–Crippen LogP) is 2.62. The minimum atomic E-state index is -0.0541. The van der Waals surface area contributed by atoms with Crippen LogP contribution in [0.1, 0.15) is 32.7 Å². The number of amides is 2. The number of carbonyl (C=O) groups is 1. The third-order valence-electron chi connectivity index (χ3n) is 6.81. The van der Waals surface area contributed by atoms with Crippen LogP contribution in [0.25, 0.3) is 10.9 Å². The number of pyridine rings is 1. The number of fused-ring (bicyclic) bond motifs is 1. The molecule has 0 aliphatic carbocycles. The summed E-state index contributed by atoms with van der Waals surface area (Å²) in [5.41, 5.74) is 1.02. The summed E-state index contributed by atoms with van der Waals surface area (Å²) < 4.78 is 7.01. The SMILES string of the molecule is COCCNC(=O)N1CCN(c2cc(N3CCCC3)nc(Nc3cc4c(cn3)cnn4C(C)C)n2)CC1. The van der Waals surface area contributed by atoms with Crippen LogP contribution in [0.5, 0.6) is 0 Å². The van der Waals surface area contributed by atoms with Gasteiger partial charge in [0.05, 0.1) is 18.3 Å². The third kappa shape index (κ3) is 5.68. The summed E-state index contributed by atoms with van der Waals surface area (Å²) in [7, 11) is 1.63. The minimum absolute atomic E-state index is 0.0541. The van der Waals surface area contributed by atoms with Gasteiger partial charge in [-0.15, -0.1) is 0 Å². The number of ether oxygens (including phenoxy) is 1. The molecule has 0 atom stereocenters. The second kappa shape index (κ2) is 11.2. The summed E-state index contributed by atoms with van der Waals surface area (Å²) in [6, 6.07) is 4.25. The first-order valence-corrected chi connectivity index (χ1v) is 13.0. The number of hydrogen-bond donors (Lipinski definition) is 2. The molecule has 3 aromatic rings. The Kier molecular flexibility index (Phi) is 7.54. The lowest BCUT2D eigenvalue weighted by Crippen LogP contribution is -2.52. The largest absolute Gasteiger partial charge is 0.383 e. The van der Waals surface area contributed by atoms with Gasteiger partial charge in [0.2, 0.25) is 5.95 Å². The van der Waals surface area contributed by atoms with E-state index in [9.17, 15) is 4.79 Å². The predicted molar refractivity (Wildman–Crippen MR) is 144 cm³/mol. The number of methoxy groups -OCH3 is 1. The Hall–Kier alpha value is -3.67. The lowest BCUT2D eigenvalue weighted by molar-refractivity contribution is 0.177. The number of nitrogens with zero attached hydrogens (tertiary/aromatic N) is 8. The molecule has 12 heteroatoms. The van der Waals surface area contributed by atoms with E-state index < -0.39 is 0 Å². The fourth-order valence-electron chi connectivity index (χ4n) is 4.79. The maximum atomic E-state index is 12.4. The van der Waals surface area contributed by atoms with Crippen molar-refractivity contribution >= 4 is 40.3 Å². The van der Waals surface area contributed by atoms with E-state index in [-0.39, 0.29) is 12.1 Å². The average Bonchev–Trinajstić information content (AvgIpc) is 3.59. The molecule has 5 heterocycles. The van der Waals surface area contributed by atoms with Gasteiger partial charge < -0.3 is 30.1 Å². The molecule has 0 spiro atoms. The number of anilines is 4. The molecule has 2 amide bonds. The van der Waals surface area contributed by atoms with Gasteiger partial charge in [-0.3, -0.25) is 4.68 Å². The van der Waals surface area contributed by atoms with Crippen molar-refractivity contribution in [2.45, 2.75) is 32.7 Å². The first kappa shape index (κ1) is 25.0. The highest BCUT2D eigenvalue weighted by molar-refractivity contribution is 5.81. The van der Waals surface area contributed by atoms with Crippen molar-refractivity contribution in [3.8, 4) is 0 Å². The Morgan fingerprint density at radius 2 is 1.70 bits per heavy atom. The van der Waals surface area contributed by atoms with Crippen molar-refractivity contribution in [2.75, 3.05) is 74.6 Å². The van der Waals surface area contributed by atoms with Crippen LogP contribution in [0.2, 0.25) is 0 Å². The van der Waals surface area contributed by atoms with Gasteiger partial charge in [-0.1, -0.05) is 0 Å². The van der Waals surface area contributed by atoms with Crippen molar-refractivity contribution in [1.29, 1.82) is 0 Å². The normalized spacial score (nSPS) is 16.2. The third-order valence-corrected chi connectivity index (χ3v) is 6.81. The van der Waals surface area contributed by atoms with Crippen molar-refractivity contribution in [2.24, 2.45) is 0 Å². The molecule has 0 unspecified atom stereocenters. The Morgan fingerprint density at radius 3 is 2.38 bits per heavy atom. The van der Waals surface area contributed by atoms with Gasteiger partial charge >= 0.3 is 6.03 Å². The van der Waals surface area contributed by atoms with Gasteiger partial charge in [0.1, 0.15) is 17.5 Å². The summed E-state index contributed by atoms with van der Waals surface area (Å²) in [6.45, 7) is 9.86. The van der Waals surface area contributed by atoms with Crippen molar-refractivity contribution in [3.63, 3.8) is 0 Å². The summed E-state index contributed by atoms with van der Waals surface area (Å²) in [5, 5.41) is 11.7. The molecule has 0 saturated carbocycles. The van der Waals surface area contributed by atoms with Crippen LogP contribution < -0.4 is 20.4 Å². The van der Waals surface area contributed by atoms with E-state index in [0.29, 0.717) is 51.1 Å². The van der Waals surface area contributed by atoms with Crippen LogP contribution in [0, 0.1) is 0 Å². The molecule has 12 nitrogen and oxygen atoms in total. The highest BCUT2D eigenvalue weighted by Crippen LogP contribution is 2.27. The molecule has 2 fully saturated rings. The zero-order valence-electron chi connectivity index (χ0n) is 21.9. The monoisotopic (exact) mass is 508 g/mol. The molecule has 2 aliphatic heterocycles. The molecule has 5 rings (SSSR count). The fraction of sp³-hybridized carbons (Fsp3) is 0.560. The van der Waals surface area contributed by atoms with Crippen LogP contribution in [0.15, 0.2) is 24.5 Å². The zero-order chi connectivity index (χ0) is 25.8. The maximum Gasteiger partial charge on any atom is 0.317 e. The number of hydrogen-bond acceptors (Lipinski definition) is 9. The van der Waals surface area contributed by atoms with E-state index >= 15 is 0 Å². The zero-order valence-corrected chi connectivity index (χ0v) is 21.9. The van der Waals surface area contributed by atoms with Gasteiger partial charge in [0.15, 0.2) is 0 Å². The Bertz CT molecular complexity index is 1220. The standard InChI is InChI=1S/C25H36N10O2/c1-18(2)35-20-14-21(27-16-19(20)17-28-35)29-24-30-22(32-7-4-5-8-32)15-23(31-24)33-9-11-34(12-10-33)25(36)26-6-13-37-3/h14-18H,4-13H2,1-3H3,(H,26,36)(H,27,29,30,31). The van der Waals surface area contributed by atoms with Gasteiger partial charge in [-0.25, -0.2) is 9.78 Å². The molecule has 2 N–H and O–H groups in total. The smallest absolute Gasteiger partial charge is 0.317 e. The number of aromatic nitrogens is 5. The van der Waals surface area contributed by atoms with Crippen LogP contribution in [0.3, 0.4) is 0 Å². The molecule has 0 aromatic carbocycles. The molecule has 37 heavy (non-hydrogen) atoms. The van der Waals surface area contributed by atoms with Crippen LogP contribution >= 0.6 is 0 Å². The summed E-state index contributed by atoms with van der Waals surface area (Å²) >= 11 is 0. The molecular weight excluding hydrogens is 472 g/mol. The molecule has 198 valence electrons. The highest BCUT2D eigenvalue weighted by Gasteiger charge is 2.24. The summed E-state index contributed by atoms with van der Waals surface area (Å²) in [6.07, 6.45) is 5.99. The number of nitrogens with one attached hydrogen (secondary N) is 2. The summed E-state index contributed by atoms with van der Waals surface area (Å²) in [5.74, 6) is 2.96. The highest BCUT2D eigenvalue weighted by atomic mass is 16.5. The van der Waals surface area contributed by atoms with Crippen LogP contribution in [0.4, 0.5) is 28.2 Å². The first-order valence-electron chi connectivity index (χ1n) is 13.0. The Morgan fingerprint density at radius 1 is 1.00 bits per heavy atom. The van der Waals surface area contributed by atoms with E-state index in [0.717, 1.165) is 48.5 Å². The molecular formula is C25H36N10O2. The molecule has 3 aromatic heterocycles. The summed E-state index contributed by atoms with van der Waals surface area (Å²) in [4.78, 5) is 33.1. The van der Waals surface area contributed by atoms with Crippen molar-refractivity contribution < 1.29 is 9.53 Å². The van der Waals surface area contributed by atoms with Crippen LogP contribution in [-0.4, -0.2) is 95.2 Å². The van der Waals surface area contributed by atoms with Gasteiger partial charge in [0, 0.05) is 82.7 Å². The van der Waals surface area contributed by atoms with E-state index in [2.05, 4.69) is 50.4 Å². The average molecular weight is 509 g/mol. The van der Waals surface area contributed by atoms with Crippen molar-refractivity contribution in [1.82, 2.24) is 34.9 Å². The molecule has 0 radical (unpaired) electrons. The Labute approximate surface area is 217 Å². The van der Waals surface area contributed by atoms with E-state index in [1.54, 1.807) is 7.11 Å². The molecule has 0 bridgehead atoms. The van der Waals surface area contributed by atoms with E-state index in [1.165, 1.54) is 0 Å². The van der Waals surface area contributed by atoms with Gasteiger partial charge in [-0.2, -0.15) is 15.1 Å². The van der Waals surface area contributed by atoms with E-state index in [1.807, 2.05) is 28.0 Å². The minimum Gasteiger partial charge on any atom is -0.383 e. The van der Waals surface area contributed by atoms with Gasteiger partial charge in [-0.05, 0) is 26.7 Å². The van der Waals surface area contributed by atoms with E-state index in [4.69, 9.17) is 14.7 Å². The number of carbonyl (C=O) groups excluding carboxylic acids is 1. The number of urea groups is 1. The topological polar surface area (TPSA) is 117 Å². The second-order valence-corrected chi connectivity index (χ2v) is 9.74. The second-order valence-electron chi connectivity index (χ2n) is 9.74. The number of piperazine rings is 1. The quantitative estimate of drug-likeness (QED) is 0.443. The van der Waals surface area contributed by atoms with Crippen molar-refractivity contribution in [3.05, 3.63) is 24.5 Å². The first-order chi connectivity index (χ1) is 18.0. The van der Waals surface area contributed by atoms with Gasteiger partial charge in [0.25, 0.3) is 0 Å². The maximum absolute atomic E-state index is 12.4. The Balaban J connectivity index is 1.35. The molecule has 2 saturated heterocycles. The lowest BCUT2D eigenvalue weighted by atomic mass is 10.3.